The summed E-state index contributed by atoms with van der Waals surface area (Å²) in [5.41, 5.74) is 8.86. The fraction of sp³-hybridized carbons (Fsp3) is 0.143. The third-order valence-corrected chi connectivity index (χ3v) is 3.31. The van der Waals surface area contributed by atoms with Crippen molar-refractivity contribution in [1.29, 1.82) is 0 Å². The van der Waals surface area contributed by atoms with Gasteiger partial charge in [0.05, 0.1) is 5.69 Å². The Balaban J connectivity index is 2.07. The first-order valence-electron chi connectivity index (χ1n) is 5.39. The number of anilines is 1. The van der Waals surface area contributed by atoms with E-state index in [1.807, 2.05) is 25.1 Å². The monoisotopic (exact) mass is 339 g/mol. The zero-order valence-electron chi connectivity index (χ0n) is 9.61. The number of halogens is 1. The van der Waals surface area contributed by atoms with Crippen molar-refractivity contribution >= 4 is 28.3 Å². The van der Waals surface area contributed by atoms with Crippen LogP contribution in [0.1, 0.15) is 11.1 Å². The normalized spacial score (nSPS) is 10.2. The van der Waals surface area contributed by atoms with E-state index in [0.717, 1.165) is 22.6 Å². The first-order valence-corrected chi connectivity index (χ1v) is 6.47. The molecule has 3 heteroatoms. The molecule has 2 aromatic carbocycles. The molecule has 2 aromatic rings. The standard InChI is InChI=1S/C14H14INO/c1-10-3-2-4-13(14(10)16)17-9-11-5-7-12(15)8-6-11/h2-8H,9,16H2,1H3. The first kappa shape index (κ1) is 12.2. The van der Waals surface area contributed by atoms with Gasteiger partial charge in [0.2, 0.25) is 0 Å². The van der Waals surface area contributed by atoms with Crippen LogP contribution in [0.5, 0.6) is 5.75 Å². The number of ether oxygens (including phenoxy) is 1. The Kier molecular flexibility index (Phi) is 3.89. The smallest absolute Gasteiger partial charge is 0.142 e. The van der Waals surface area contributed by atoms with Crippen LogP contribution < -0.4 is 10.5 Å². The molecular formula is C14H14INO. The third-order valence-electron chi connectivity index (χ3n) is 2.59. The second kappa shape index (κ2) is 5.40. The van der Waals surface area contributed by atoms with Crippen LogP contribution in [-0.4, -0.2) is 0 Å². The van der Waals surface area contributed by atoms with Gasteiger partial charge in [-0.1, -0.05) is 24.3 Å². The Morgan fingerprint density at radius 2 is 1.82 bits per heavy atom. The molecule has 0 spiro atoms. The van der Waals surface area contributed by atoms with Crippen LogP contribution in [0, 0.1) is 10.5 Å². The molecule has 0 fully saturated rings. The molecule has 2 rings (SSSR count). The summed E-state index contributed by atoms with van der Waals surface area (Å²) in [6.45, 7) is 2.53. The molecule has 2 nitrogen and oxygen atoms in total. The van der Waals surface area contributed by atoms with Gasteiger partial charge >= 0.3 is 0 Å². The van der Waals surface area contributed by atoms with Gasteiger partial charge in [0.15, 0.2) is 0 Å². The van der Waals surface area contributed by atoms with Crippen molar-refractivity contribution in [3.63, 3.8) is 0 Å². The number of nitrogens with two attached hydrogens (primary N) is 1. The van der Waals surface area contributed by atoms with Gasteiger partial charge in [-0.25, -0.2) is 0 Å². The molecule has 0 aromatic heterocycles. The molecule has 0 aliphatic rings. The lowest BCUT2D eigenvalue weighted by atomic mass is 10.2. The highest BCUT2D eigenvalue weighted by Gasteiger charge is 2.02. The molecule has 0 saturated carbocycles. The van der Waals surface area contributed by atoms with Crippen LogP contribution in [0.3, 0.4) is 0 Å². The SMILES string of the molecule is Cc1cccc(OCc2ccc(I)cc2)c1N. The summed E-state index contributed by atoms with van der Waals surface area (Å²) < 4.78 is 6.94. The van der Waals surface area contributed by atoms with Crippen molar-refractivity contribution in [3.05, 3.63) is 57.2 Å². The number of aryl methyl sites for hydroxylation is 1. The maximum atomic E-state index is 5.94. The van der Waals surface area contributed by atoms with Crippen LogP contribution in [-0.2, 0) is 6.61 Å². The number of benzene rings is 2. The van der Waals surface area contributed by atoms with Gasteiger partial charge < -0.3 is 10.5 Å². The van der Waals surface area contributed by atoms with Crippen LogP contribution in [0.4, 0.5) is 5.69 Å². The molecule has 0 amide bonds. The molecule has 0 aliphatic carbocycles. The number of hydrogen-bond donors (Lipinski definition) is 1. The predicted molar refractivity (Wildman–Crippen MR) is 79.1 cm³/mol. The largest absolute Gasteiger partial charge is 0.487 e. The number of para-hydroxylation sites is 1. The van der Waals surface area contributed by atoms with Gasteiger partial charge in [-0.15, -0.1) is 0 Å². The molecule has 0 aliphatic heterocycles. The van der Waals surface area contributed by atoms with E-state index in [9.17, 15) is 0 Å². The lowest BCUT2D eigenvalue weighted by Crippen LogP contribution is -2.00. The Labute approximate surface area is 115 Å². The summed E-state index contributed by atoms with van der Waals surface area (Å²) in [7, 11) is 0. The van der Waals surface area contributed by atoms with Gasteiger partial charge in [-0.3, -0.25) is 0 Å². The number of nitrogen functional groups attached to an aromatic ring is 1. The van der Waals surface area contributed by atoms with Gasteiger partial charge in [0.25, 0.3) is 0 Å². The summed E-state index contributed by atoms with van der Waals surface area (Å²) in [6.07, 6.45) is 0. The summed E-state index contributed by atoms with van der Waals surface area (Å²) in [5, 5.41) is 0. The van der Waals surface area contributed by atoms with Crippen molar-refractivity contribution in [2.24, 2.45) is 0 Å². The highest BCUT2D eigenvalue weighted by atomic mass is 127. The quantitative estimate of drug-likeness (QED) is 0.683. The Morgan fingerprint density at radius 3 is 2.53 bits per heavy atom. The second-order valence-corrected chi connectivity index (χ2v) is 5.15. The Bertz CT molecular complexity index is 508. The third kappa shape index (κ3) is 3.12. The summed E-state index contributed by atoms with van der Waals surface area (Å²) in [5.74, 6) is 0.753. The molecule has 0 unspecified atom stereocenters. The highest BCUT2D eigenvalue weighted by Crippen LogP contribution is 2.25. The van der Waals surface area contributed by atoms with E-state index in [-0.39, 0.29) is 0 Å². The van der Waals surface area contributed by atoms with Crippen molar-refractivity contribution in [1.82, 2.24) is 0 Å². The van der Waals surface area contributed by atoms with Crippen LogP contribution in [0.25, 0.3) is 0 Å². The maximum absolute atomic E-state index is 5.94. The highest BCUT2D eigenvalue weighted by molar-refractivity contribution is 14.1. The minimum absolute atomic E-state index is 0.546. The molecular weight excluding hydrogens is 325 g/mol. The molecule has 0 bridgehead atoms. The van der Waals surface area contributed by atoms with E-state index >= 15 is 0 Å². The topological polar surface area (TPSA) is 35.2 Å². The summed E-state index contributed by atoms with van der Waals surface area (Å²) in [6, 6.07) is 14.1. The van der Waals surface area contributed by atoms with Crippen LogP contribution in [0.15, 0.2) is 42.5 Å². The molecule has 2 N–H and O–H groups in total. The predicted octanol–water partition coefficient (Wildman–Crippen LogP) is 3.76. The van der Waals surface area contributed by atoms with E-state index in [4.69, 9.17) is 10.5 Å². The summed E-state index contributed by atoms with van der Waals surface area (Å²) >= 11 is 2.29. The van der Waals surface area contributed by atoms with E-state index in [2.05, 4.69) is 46.9 Å². The van der Waals surface area contributed by atoms with Crippen molar-refractivity contribution in [2.45, 2.75) is 13.5 Å². The van der Waals surface area contributed by atoms with Gasteiger partial charge in [-0.2, -0.15) is 0 Å². The van der Waals surface area contributed by atoms with E-state index in [1.165, 1.54) is 3.57 Å². The van der Waals surface area contributed by atoms with Gasteiger partial charge in [0, 0.05) is 3.57 Å². The van der Waals surface area contributed by atoms with Crippen molar-refractivity contribution in [3.8, 4) is 5.75 Å². The average Bonchev–Trinajstić information content (AvgIpc) is 2.33. The van der Waals surface area contributed by atoms with Gasteiger partial charge in [0.1, 0.15) is 12.4 Å². The fourth-order valence-electron chi connectivity index (χ4n) is 1.52. The molecule has 0 atom stereocenters. The van der Waals surface area contributed by atoms with Gasteiger partial charge in [-0.05, 0) is 58.8 Å². The van der Waals surface area contributed by atoms with Crippen LogP contribution >= 0.6 is 22.6 Å². The number of rotatable bonds is 3. The van der Waals surface area contributed by atoms with E-state index < -0.39 is 0 Å². The lowest BCUT2D eigenvalue weighted by molar-refractivity contribution is 0.308. The van der Waals surface area contributed by atoms with E-state index in [0.29, 0.717) is 6.61 Å². The molecule has 0 radical (unpaired) electrons. The zero-order valence-corrected chi connectivity index (χ0v) is 11.8. The lowest BCUT2D eigenvalue weighted by Gasteiger charge is -2.10. The van der Waals surface area contributed by atoms with Crippen molar-refractivity contribution in [2.75, 3.05) is 5.73 Å². The molecule has 17 heavy (non-hydrogen) atoms. The maximum Gasteiger partial charge on any atom is 0.142 e. The molecule has 0 saturated heterocycles. The van der Waals surface area contributed by atoms with Crippen molar-refractivity contribution < 1.29 is 4.74 Å². The number of hydrogen-bond acceptors (Lipinski definition) is 2. The molecule has 88 valence electrons. The van der Waals surface area contributed by atoms with E-state index in [1.54, 1.807) is 0 Å². The first-order chi connectivity index (χ1) is 8.16. The average molecular weight is 339 g/mol. The Morgan fingerprint density at radius 1 is 1.12 bits per heavy atom. The minimum Gasteiger partial charge on any atom is -0.487 e. The zero-order chi connectivity index (χ0) is 12.3. The van der Waals surface area contributed by atoms with Crippen LogP contribution in [0.2, 0.25) is 0 Å². The Hall–Kier alpha value is -1.23. The minimum atomic E-state index is 0.546. The second-order valence-electron chi connectivity index (χ2n) is 3.90. The molecule has 0 heterocycles. The fourth-order valence-corrected chi connectivity index (χ4v) is 1.88. The summed E-state index contributed by atoms with van der Waals surface area (Å²) in [4.78, 5) is 0.